The van der Waals surface area contributed by atoms with Crippen molar-refractivity contribution in [2.24, 2.45) is 4.99 Å². The van der Waals surface area contributed by atoms with Crippen LogP contribution in [0.3, 0.4) is 0 Å². The van der Waals surface area contributed by atoms with Gasteiger partial charge in [0.25, 0.3) is 0 Å². The van der Waals surface area contributed by atoms with E-state index in [2.05, 4.69) is 4.99 Å². The number of ketones is 2. The van der Waals surface area contributed by atoms with Gasteiger partial charge in [-0.15, -0.1) is 34.0 Å². The van der Waals surface area contributed by atoms with E-state index in [1.807, 2.05) is 60.7 Å². The highest BCUT2D eigenvalue weighted by molar-refractivity contribution is 7.35. The van der Waals surface area contributed by atoms with Crippen molar-refractivity contribution >= 4 is 120 Å². The molecule has 0 saturated heterocycles. The first-order valence-corrected chi connectivity index (χ1v) is 21.3. The van der Waals surface area contributed by atoms with Crippen LogP contribution in [0.1, 0.15) is 36.7 Å². The monoisotopic (exact) mass is 855 g/mol. The summed E-state index contributed by atoms with van der Waals surface area (Å²) in [6.45, 7) is -0.0696. The lowest BCUT2D eigenvalue weighted by molar-refractivity contribution is 0.0990. The van der Waals surface area contributed by atoms with E-state index in [0.29, 0.717) is 61.9 Å². The molecule has 61 heavy (non-hydrogen) atoms. The van der Waals surface area contributed by atoms with Crippen molar-refractivity contribution in [1.29, 1.82) is 0 Å². The molecule has 14 heteroatoms. The van der Waals surface area contributed by atoms with Crippen molar-refractivity contribution in [3.05, 3.63) is 180 Å². The number of thiophene rings is 3. The van der Waals surface area contributed by atoms with Gasteiger partial charge in [0.1, 0.15) is 18.2 Å². The molecule has 5 heterocycles. The molecule has 0 saturated carbocycles. The van der Waals surface area contributed by atoms with Crippen LogP contribution in [-0.4, -0.2) is 32.9 Å². The summed E-state index contributed by atoms with van der Waals surface area (Å²) < 4.78 is 17.3. The second-order valence-electron chi connectivity index (χ2n) is 14.3. The minimum Gasteiger partial charge on any atom is -0.444 e. The van der Waals surface area contributed by atoms with E-state index in [-0.39, 0.29) is 46.5 Å². The molecule has 0 unspecified atom stereocenters. The zero-order chi connectivity index (χ0) is 41.5. The summed E-state index contributed by atoms with van der Waals surface area (Å²) in [6.07, 6.45) is 0.125. The normalized spacial score (nSPS) is 12.7. The molecular weight excluding hydrogens is 831 g/mol. The third-order valence-corrected chi connectivity index (χ3v) is 14.3. The number of aromatic nitrogens is 2. The number of allylic oxidation sites excluding steroid dienone is 1. The van der Waals surface area contributed by atoms with Crippen LogP contribution in [0.4, 0.5) is 14.6 Å². The fourth-order valence-electron chi connectivity index (χ4n) is 7.87. The van der Waals surface area contributed by atoms with E-state index in [1.54, 1.807) is 66.7 Å². The molecule has 0 N–H and O–H groups in total. The Bertz CT molecular complexity index is 3640. The van der Waals surface area contributed by atoms with E-state index < -0.39 is 23.0 Å². The van der Waals surface area contributed by atoms with Gasteiger partial charge in [0.15, 0.2) is 16.9 Å². The molecule has 0 aliphatic heterocycles. The zero-order valence-electron chi connectivity index (χ0n) is 31.4. The van der Waals surface area contributed by atoms with Gasteiger partial charge < -0.3 is 9.47 Å². The van der Waals surface area contributed by atoms with Gasteiger partial charge in [0, 0.05) is 26.8 Å². The van der Waals surface area contributed by atoms with Crippen LogP contribution in [0.2, 0.25) is 0 Å². The zero-order valence-corrected chi connectivity index (χ0v) is 33.8. The van der Waals surface area contributed by atoms with E-state index in [0.717, 1.165) is 11.1 Å². The number of benzene rings is 4. The van der Waals surface area contributed by atoms with Gasteiger partial charge in [-0.2, -0.15) is 0 Å². The third kappa shape index (κ3) is 5.79. The first-order valence-electron chi connectivity index (χ1n) is 18.9. The van der Waals surface area contributed by atoms with Crippen LogP contribution < -0.4 is 16.2 Å². The minimum absolute atomic E-state index is 0.0280. The van der Waals surface area contributed by atoms with Crippen molar-refractivity contribution < 1.29 is 28.7 Å². The van der Waals surface area contributed by atoms with Crippen molar-refractivity contribution in [1.82, 2.24) is 9.13 Å². The molecule has 0 radical (unpaired) electrons. The van der Waals surface area contributed by atoms with Crippen LogP contribution in [0.25, 0.3) is 57.7 Å². The summed E-state index contributed by atoms with van der Waals surface area (Å²) >= 11 is 3.84. The molecule has 11 nitrogen and oxygen atoms in total. The Morgan fingerprint density at radius 1 is 0.557 bits per heavy atom. The van der Waals surface area contributed by atoms with Crippen LogP contribution >= 0.6 is 34.0 Å². The van der Waals surface area contributed by atoms with E-state index in [9.17, 15) is 28.8 Å². The number of rotatable bonds is 6. The van der Waals surface area contributed by atoms with Gasteiger partial charge in [-0.25, -0.2) is 23.7 Å². The van der Waals surface area contributed by atoms with Gasteiger partial charge in [-0.1, -0.05) is 109 Å². The van der Waals surface area contributed by atoms with Gasteiger partial charge in [-0.3, -0.25) is 19.2 Å². The van der Waals surface area contributed by atoms with Gasteiger partial charge >= 0.3 is 12.2 Å². The Hall–Kier alpha value is -7.39. The first kappa shape index (κ1) is 36.7. The summed E-state index contributed by atoms with van der Waals surface area (Å²) in [5.74, 6) is -0.744. The van der Waals surface area contributed by atoms with Crippen LogP contribution in [0, 0.1) is 0 Å². The lowest BCUT2D eigenvalue weighted by Gasteiger charge is -2.10. The van der Waals surface area contributed by atoms with Crippen molar-refractivity contribution in [3.63, 3.8) is 0 Å². The molecule has 10 aromatic rings. The standard InChI is InChI=1S/C47H25N3O8S3/c51-38-27-15-7-8-16-28(27)39(52)31(38)19-26-20-32-42(59-26)44-36(49(32)46(55)57-22-24-11-3-1-4-12-24)37-45(61-44)43-33(50(37)47(56)58-23-25-13-5-2-6-14-25)21-34(60-43)48-35-40(53)29-17-9-10-18-30(29)41(35)54/h1-21H,22-23H2. The molecule has 0 atom stereocenters. The van der Waals surface area contributed by atoms with Gasteiger partial charge in [0.05, 0.1) is 46.4 Å². The fourth-order valence-corrected chi connectivity index (χ4v) is 11.5. The number of Topliss-reactive ketones (excluding diaryl/α,β-unsaturated/α-hetero) is 2. The lowest BCUT2D eigenvalue weighted by Crippen LogP contribution is -2.31. The maximum absolute atomic E-state index is 14.4. The fraction of sp³-hybridized carbons (Fsp3) is 0.0426. The number of hydrogen-bond acceptors (Lipinski definition) is 12. The number of hydrogen-bond donors (Lipinski definition) is 0. The van der Waals surface area contributed by atoms with Gasteiger partial charge in [0.2, 0.25) is 10.9 Å². The molecule has 0 fully saturated rings. The maximum atomic E-state index is 14.4. The number of nitrogens with zero attached hydrogens (tertiary/aromatic N) is 3. The predicted molar refractivity (Wildman–Crippen MR) is 237 cm³/mol. The average molecular weight is 856 g/mol. The van der Waals surface area contributed by atoms with Crippen molar-refractivity contribution in [2.45, 2.75) is 13.2 Å². The summed E-state index contributed by atoms with van der Waals surface area (Å²) in [5, 5.41) is 0.676. The van der Waals surface area contributed by atoms with Crippen molar-refractivity contribution in [2.75, 3.05) is 0 Å². The Kier molecular flexibility index (Phi) is 8.49. The molecule has 0 bridgehead atoms. The molecule has 1 aliphatic carbocycles. The molecule has 5 aromatic heterocycles. The van der Waals surface area contributed by atoms with Gasteiger partial charge in [-0.05, 0) is 29.3 Å². The summed E-state index contributed by atoms with van der Waals surface area (Å²) in [7, 11) is 0. The van der Waals surface area contributed by atoms with Crippen molar-refractivity contribution in [3.8, 4) is 0 Å². The molecular formula is C47H25N3O8S3. The van der Waals surface area contributed by atoms with E-state index in [1.165, 1.54) is 43.1 Å². The molecule has 0 spiro atoms. The largest absolute Gasteiger partial charge is 0.444 e. The molecule has 5 aromatic carbocycles. The maximum Gasteiger partial charge on any atom is 0.419 e. The summed E-state index contributed by atoms with van der Waals surface area (Å²) in [6, 6.07) is 35.1. The van der Waals surface area contributed by atoms with Crippen LogP contribution in [0.15, 0.2) is 141 Å². The molecule has 1 aliphatic rings. The highest BCUT2D eigenvalue weighted by Crippen LogP contribution is 2.50. The van der Waals surface area contributed by atoms with E-state index in [4.69, 9.17) is 9.47 Å². The highest BCUT2D eigenvalue weighted by atomic mass is 32.1. The highest BCUT2D eigenvalue weighted by Gasteiger charge is 2.34. The molecule has 294 valence electrons. The second-order valence-corrected chi connectivity index (χ2v) is 17.4. The summed E-state index contributed by atoms with van der Waals surface area (Å²) in [4.78, 5) is 87.3. The topological polar surface area (TPSA) is 143 Å². The molecule has 11 rings (SSSR count). The Balaban J connectivity index is 1.13. The summed E-state index contributed by atoms with van der Waals surface area (Å²) in [5.41, 5.74) is 2.97. The average Bonchev–Trinajstić information content (AvgIpc) is 4.15. The lowest BCUT2D eigenvalue weighted by atomic mass is 10.1. The quantitative estimate of drug-likeness (QED) is 0.119. The first-order chi connectivity index (χ1) is 29.7. The number of carbonyl (C=O) groups is 4. The number of fused-ring (bicyclic) bond motifs is 9. The Morgan fingerprint density at radius 3 is 1.57 bits per heavy atom. The second kappa shape index (κ2) is 14.1. The molecule has 0 amide bonds. The predicted octanol–water partition coefficient (Wildman–Crippen LogP) is 9.90. The number of ether oxygens (including phenoxy) is 2. The SMILES string of the molecule is O=C1C(=Cc2cc3c(s2)c2sc4c5sc(N=c6c(=O)c7ccccc7c6=O)cc5n(C(=O)OCc5ccccc5)c4c2n3C(=O)OCc2ccccc2)C(=O)c2ccccc21. The Morgan fingerprint density at radius 2 is 1.03 bits per heavy atom. The minimum atomic E-state index is -0.724. The smallest absolute Gasteiger partial charge is 0.419 e. The number of carbonyl (C=O) groups excluding carboxylic acids is 4. The van der Waals surface area contributed by atoms with Crippen LogP contribution in [0.5, 0.6) is 0 Å². The van der Waals surface area contributed by atoms with E-state index >= 15 is 0 Å². The third-order valence-electron chi connectivity index (χ3n) is 10.7. The Labute approximate surface area is 354 Å². The van der Waals surface area contributed by atoms with Crippen LogP contribution in [-0.2, 0) is 22.7 Å².